The molecule has 0 aromatic carbocycles. The molecule has 2 N–H and O–H groups in total. The van der Waals surface area contributed by atoms with Gasteiger partial charge in [0.1, 0.15) is 17.4 Å². The molecule has 1 atom stereocenters. The van der Waals surface area contributed by atoms with E-state index in [0.717, 1.165) is 0 Å². The highest BCUT2D eigenvalue weighted by Crippen LogP contribution is 2.39. The Bertz CT molecular complexity index is 517. The lowest BCUT2D eigenvalue weighted by atomic mass is 9.97. The number of nitrogens with two attached hydrogens (primary N) is 1. The fraction of sp³-hybridized carbons (Fsp3) is 0.667. The number of aryl methyl sites for hydroxylation is 1. The molecule has 5 heteroatoms. The van der Waals surface area contributed by atoms with Crippen LogP contribution in [0.15, 0.2) is 12.3 Å². The topological polar surface area (TPSA) is 66.5 Å². The maximum atomic E-state index is 12.3. The molecule has 0 amide bonds. The predicted molar refractivity (Wildman–Crippen MR) is 77.6 cm³/mol. The number of esters is 1. The average Bonchev–Trinajstić information content (AvgIpc) is 2.76. The number of nitrogens with zero attached hydrogens (tertiary/aromatic N) is 1. The molecule has 1 aliphatic heterocycles. The zero-order chi connectivity index (χ0) is 15.1. The lowest BCUT2D eigenvalue weighted by Crippen LogP contribution is -2.36. The number of anilines is 1. The zero-order valence-electron chi connectivity index (χ0n) is 12.9. The molecule has 1 fully saturated rings. The molecule has 0 aliphatic carbocycles. The summed E-state index contributed by atoms with van der Waals surface area (Å²) in [4.78, 5) is 12.3. The van der Waals surface area contributed by atoms with Gasteiger partial charge < -0.3 is 19.8 Å². The predicted octanol–water partition coefficient (Wildman–Crippen LogP) is 2.59. The van der Waals surface area contributed by atoms with Crippen LogP contribution in [0.2, 0.25) is 0 Å². The van der Waals surface area contributed by atoms with Gasteiger partial charge in [0, 0.05) is 19.2 Å². The largest absolute Gasteiger partial charge is 0.455 e. The smallest absolute Gasteiger partial charge is 0.355 e. The molecule has 1 aliphatic rings. The van der Waals surface area contributed by atoms with E-state index in [1.807, 2.05) is 34.6 Å². The Morgan fingerprint density at radius 3 is 2.65 bits per heavy atom. The van der Waals surface area contributed by atoms with Gasteiger partial charge in [-0.1, -0.05) is 0 Å². The lowest BCUT2D eigenvalue weighted by Gasteiger charge is -2.26. The molecule has 0 saturated carbocycles. The van der Waals surface area contributed by atoms with E-state index < -0.39 is 5.60 Å². The van der Waals surface area contributed by atoms with E-state index in [-0.39, 0.29) is 17.7 Å². The first-order valence-corrected chi connectivity index (χ1v) is 7.01. The molecule has 1 unspecified atom stereocenters. The number of aromatic nitrogens is 1. The minimum Gasteiger partial charge on any atom is -0.455 e. The van der Waals surface area contributed by atoms with E-state index in [1.54, 1.807) is 16.8 Å². The van der Waals surface area contributed by atoms with Crippen LogP contribution < -0.4 is 5.73 Å². The molecule has 2 rings (SSSR count). The Balaban J connectivity index is 2.16. The Labute approximate surface area is 120 Å². The SMILES string of the molecule is CCn1cc(N)cc1C(=O)OC1CC(C)(C)OC1(C)C. The fourth-order valence-corrected chi connectivity index (χ4v) is 2.85. The minimum absolute atomic E-state index is 0.258. The van der Waals surface area contributed by atoms with E-state index in [2.05, 4.69) is 0 Å². The number of ether oxygens (including phenoxy) is 2. The van der Waals surface area contributed by atoms with Crippen molar-refractivity contribution < 1.29 is 14.3 Å². The summed E-state index contributed by atoms with van der Waals surface area (Å²) in [6, 6.07) is 1.65. The average molecular weight is 280 g/mol. The third kappa shape index (κ3) is 2.82. The summed E-state index contributed by atoms with van der Waals surface area (Å²) in [7, 11) is 0. The molecule has 2 heterocycles. The molecule has 1 aromatic heterocycles. The first-order valence-electron chi connectivity index (χ1n) is 7.01. The van der Waals surface area contributed by atoms with Crippen LogP contribution in [0.4, 0.5) is 5.69 Å². The summed E-state index contributed by atoms with van der Waals surface area (Å²) in [5.41, 5.74) is 6.05. The highest BCUT2D eigenvalue weighted by atomic mass is 16.6. The normalized spacial score (nSPS) is 23.8. The quantitative estimate of drug-likeness (QED) is 0.864. The zero-order valence-corrected chi connectivity index (χ0v) is 12.9. The van der Waals surface area contributed by atoms with Crippen LogP contribution in [0.1, 0.15) is 51.5 Å². The summed E-state index contributed by atoms with van der Waals surface area (Å²) < 4.78 is 13.4. The van der Waals surface area contributed by atoms with Crippen LogP contribution in [-0.2, 0) is 16.0 Å². The van der Waals surface area contributed by atoms with Gasteiger partial charge in [-0.2, -0.15) is 0 Å². The Hall–Kier alpha value is -1.49. The second kappa shape index (κ2) is 4.81. The molecule has 1 saturated heterocycles. The summed E-state index contributed by atoms with van der Waals surface area (Å²) in [5, 5.41) is 0. The standard InChI is InChI=1S/C15H24N2O3/c1-6-17-9-10(16)7-11(17)13(18)19-12-8-14(2,3)20-15(12,4)5/h7,9,12H,6,8,16H2,1-5H3. The van der Waals surface area contributed by atoms with Crippen molar-refractivity contribution >= 4 is 11.7 Å². The van der Waals surface area contributed by atoms with E-state index in [1.165, 1.54) is 0 Å². The van der Waals surface area contributed by atoms with Gasteiger partial charge in [-0.05, 0) is 40.7 Å². The highest BCUT2D eigenvalue weighted by molar-refractivity contribution is 5.89. The van der Waals surface area contributed by atoms with Gasteiger partial charge in [0.05, 0.1) is 11.3 Å². The van der Waals surface area contributed by atoms with Crippen molar-refractivity contribution in [1.29, 1.82) is 0 Å². The Morgan fingerprint density at radius 1 is 1.50 bits per heavy atom. The van der Waals surface area contributed by atoms with Crippen molar-refractivity contribution in [3.63, 3.8) is 0 Å². The van der Waals surface area contributed by atoms with E-state index in [0.29, 0.717) is 24.3 Å². The third-order valence-corrected chi connectivity index (χ3v) is 3.71. The van der Waals surface area contributed by atoms with Crippen molar-refractivity contribution in [3.05, 3.63) is 18.0 Å². The van der Waals surface area contributed by atoms with Crippen molar-refractivity contribution in [2.75, 3.05) is 5.73 Å². The number of carbonyl (C=O) groups excluding carboxylic acids is 1. The molecule has 1 aromatic rings. The number of hydrogen-bond donors (Lipinski definition) is 1. The van der Waals surface area contributed by atoms with Gasteiger partial charge in [0.15, 0.2) is 0 Å². The number of rotatable bonds is 3. The molecule has 0 spiro atoms. The molecular formula is C15H24N2O3. The molecule has 5 nitrogen and oxygen atoms in total. The van der Waals surface area contributed by atoms with Crippen molar-refractivity contribution in [3.8, 4) is 0 Å². The summed E-state index contributed by atoms with van der Waals surface area (Å²) >= 11 is 0. The first kappa shape index (κ1) is 14.9. The lowest BCUT2D eigenvalue weighted by molar-refractivity contribution is -0.0926. The summed E-state index contributed by atoms with van der Waals surface area (Å²) in [5.74, 6) is -0.345. The van der Waals surface area contributed by atoms with Gasteiger partial charge in [0.25, 0.3) is 0 Å². The minimum atomic E-state index is -0.478. The molecule has 0 bridgehead atoms. The Kier molecular flexibility index (Phi) is 3.58. The summed E-state index contributed by atoms with van der Waals surface area (Å²) in [6.45, 7) is 10.6. The van der Waals surface area contributed by atoms with Crippen molar-refractivity contribution in [2.24, 2.45) is 0 Å². The maximum Gasteiger partial charge on any atom is 0.355 e. The van der Waals surface area contributed by atoms with Crippen molar-refractivity contribution in [1.82, 2.24) is 4.57 Å². The van der Waals surface area contributed by atoms with Gasteiger partial charge in [-0.25, -0.2) is 4.79 Å². The maximum absolute atomic E-state index is 12.3. The molecule has 112 valence electrons. The van der Waals surface area contributed by atoms with Crippen molar-refractivity contribution in [2.45, 2.75) is 64.9 Å². The Morgan fingerprint density at radius 2 is 2.15 bits per heavy atom. The van der Waals surface area contributed by atoms with Gasteiger partial charge >= 0.3 is 5.97 Å². The first-order chi connectivity index (χ1) is 9.14. The van der Waals surface area contributed by atoms with E-state index in [9.17, 15) is 4.79 Å². The van der Waals surface area contributed by atoms with Crippen LogP contribution in [0, 0.1) is 0 Å². The number of nitrogen functional groups attached to an aromatic ring is 1. The highest BCUT2D eigenvalue weighted by Gasteiger charge is 2.48. The number of carbonyl (C=O) groups is 1. The van der Waals surface area contributed by atoms with Crippen LogP contribution in [0.25, 0.3) is 0 Å². The third-order valence-electron chi connectivity index (χ3n) is 3.71. The van der Waals surface area contributed by atoms with E-state index in [4.69, 9.17) is 15.2 Å². The van der Waals surface area contributed by atoms with Gasteiger partial charge in [0.2, 0.25) is 0 Å². The summed E-state index contributed by atoms with van der Waals surface area (Å²) in [6.07, 6.45) is 2.18. The van der Waals surface area contributed by atoms with Crippen LogP contribution in [-0.4, -0.2) is 27.8 Å². The molecule has 20 heavy (non-hydrogen) atoms. The molecule has 0 radical (unpaired) electrons. The van der Waals surface area contributed by atoms with Crippen LogP contribution >= 0.6 is 0 Å². The molecular weight excluding hydrogens is 256 g/mol. The number of hydrogen-bond acceptors (Lipinski definition) is 4. The van der Waals surface area contributed by atoms with Crippen LogP contribution in [0.3, 0.4) is 0 Å². The van der Waals surface area contributed by atoms with Crippen LogP contribution in [0.5, 0.6) is 0 Å². The second-order valence-corrected chi connectivity index (χ2v) is 6.51. The second-order valence-electron chi connectivity index (χ2n) is 6.51. The monoisotopic (exact) mass is 280 g/mol. The van der Waals surface area contributed by atoms with Gasteiger partial charge in [-0.3, -0.25) is 0 Å². The van der Waals surface area contributed by atoms with Gasteiger partial charge in [-0.15, -0.1) is 0 Å². The fourth-order valence-electron chi connectivity index (χ4n) is 2.85. The van der Waals surface area contributed by atoms with E-state index >= 15 is 0 Å².